The van der Waals surface area contributed by atoms with E-state index in [0.29, 0.717) is 29.7 Å². The van der Waals surface area contributed by atoms with E-state index in [-0.39, 0.29) is 23.5 Å². The summed E-state index contributed by atoms with van der Waals surface area (Å²) in [6, 6.07) is 25.9. The van der Waals surface area contributed by atoms with Gasteiger partial charge in [0.25, 0.3) is 5.91 Å². The monoisotopic (exact) mass is 479 g/mol. The first-order valence-electron chi connectivity index (χ1n) is 11.8. The molecule has 1 aliphatic rings. The third-order valence-corrected chi connectivity index (χ3v) is 6.86. The number of oxime groups is 1. The number of amides is 1. The van der Waals surface area contributed by atoms with Crippen LogP contribution in [0.3, 0.4) is 0 Å². The maximum Gasteiger partial charge on any atom is 0.251 e. The van der Waals surface area contributed by atoms with E-state index in [9.17, 15) is 9.18 Å². The van der Waals surface area contributed by atoms with Crippen molar-refractivity contribution in [3.8, 4) is 11.1 Å². The number of nitrogens with two attached hydrogens (primary N) is 1. The average Bonchev–Trinajstić information content (AvgIpc) is 2.91. The summed E-state index contributed by atoms with van der Waals surface area (Å²) < 4.78 is 14.4. The smallest absolute Gasteiger partial charge is 0.251 e. The highest BCUT2D eigenvalue weighted by Gasteiger charge is 2.24. The Morgan fingerprint density at radius 1 is 0.972 bits per heavy atom. The number of amidine groups is 1. The second-order valence-corrected chi connectivity index (χ2v) is 9.07. The number of hydrogen-bond donors (Lipinski definition) is 3. The van der Waals surface area contributed by atoms with Crippen LogP contribution in [0.15, 0.2) is 90.1 Å². The van der Waals surface area contributed by atoms with Gasteiger partial charge in [0.2, 0.25) is 0 Å². The second kappa shape index (κ2) is 9.66. The Balaban J connectivity index is 1.34. The normalized spacial score (nSPS) is 14.6. The molecule has 4 N–H and O–H groups in total. The van der Waals surface area contributed by atoms with Crippen LogP contribution in [0.25, 0.3) is 11.1 Å². The molecule has 0 radical (unpaired) electrons. The highest BCUT2D eigenvalue weighted by molar-refractivity contribution is 5.97. The summed E-state index contributed by atoms with van der Waals surface area (Å²) >= 11 is 0. The van der Waals surface area contributed by atoms with Gasteiger partial charge in [0.1, 0.15) is 5.82 Å². The number of rotatable bonds is 5. The fourth-order valence-electron chi connectivity index (χ4n) is 4.87. The fraction of sp³-hybridized carbons (Fsp3) is 0.133. The molecular weight excluding hydrogens is 453 g/mol. The molecule has 180 valence electrons. The molecule has 6 heteroatoms. The van der Waals surface area contributed by atoms with E-state index in [2.05, 4.69) is 29.5 Å². The van der Waals surface area contributed by atoms with Crippen LogP contribution in [0.5, 0.6) is 0 Å². The first-order valence-corrected chi connectivity index (χ1v) is 11.8. The number of halogens is 1. The lowest BCUT2D eigenvalue weighted by Crippen LogP contribution is -2.23. The van der Waals surface area contributed by atoms with Gasteiger partial charge in [-0.2, -0.15) is 0 Å². The summed E-state index contributed by atoms with van der Waals surface area (Å²) in [6.07, 6.45) is 0.688. The zero-order chi connectivity index (χ0) is 25.2. The first kappa shape index (κ1) is 23.3. The molecule has 0 fully saturated rings. The van der Waals surface area contributed by atoms with Gasteiger partial charge >= 0.3 is 0 Å². The number of nitrogens with zero attached hydrogens (tertiary/aromatic N) is 1. The van der Waals surface area contributed by atoms with Crippen molar-refractivity contribution in [1.29, 1.82) is 0 Å². The van der Waals surface area contributed by atoms with E-state index in [4.69, 9.17) is 10.9 Å². The van der Waals surface area contributed by atoms with Crippen molar-refractivity contribution >= 4 is 11.7 Å². The van der Waals surface area contributed by atoms with Crippen LogP contribution in [0.2, 0.25) is 0 Å². The van der Waals surface area contributed by atoms with Crippen LogP contribution >= 0.6 is 0 Å². The molecule has 5 rings (SSSR count). The van der Waals surface area contributed by atoms with Crippen LogP contribution in [-0.4, -0.2) is 17.0 Å². The topological polar surface area (TPSA) is 87.7 Å². The van der Waals surface area contributed by atoms with Gasteiger partial charge in [0.05, 0.1) is 0 Å². The molecule has 4 aromatic rings. The number of carbonyl (C=O) groups excluding carboxylic acids is 1. The maximum absolute atomic E-state index is 14.4. The molecule has 1 unspecified atom stereocenters. The number of nitrogens with one attached hydrogen (secondary N) is 1. The summed E-state index contributed by atoms with van der Waals surface area (Å²) in [6.45, 7) is 2.52. The van der Waals surface area contributed by atoms with E-state index in [1.165, 1.54) is 17.2 Å². The van der Waals surface area contributed by atoms with Crippen LogP contribution in [-0.2, 0) is 13.0 Å². The van der Waals surface area contributed by atoms with Gasteiger partial charge < -0.3 is 16.3 Å². The molecule has 0 aliphatic heterocycles. The van der Waals surface area contributed by atoms with Crippen molar-refractivity contribution in [3.05, 3.63) is 130 Å². The molecule has 0 aromatic heterocycles. The Morgan fingerprint density at radius 3 is 2.36 bits per heavy atom. The van der Waals surface area contributed by atoms with E-state index < -0.39 is 0 Å². The van der Waals surface area contributed by atoms with Gasteiger partial charge in [-0.05, 0) is 58.0 Å². The van der Waals surface area contributed by atoms with Crippen LogP contribution in [0.4, 0.5) is 4.39 Å². The van der Waals surface area contributed by atoms with E-state index >= 15 is 0 Å². The van der Waals surface area contributed by atoms with E-state index in [0.717, 1.165) is 22.3 Å². The molecule has 1 amide bonds. The molecule has 4 aromatic carbocycles. The number of fused-ring (bicyclic) bond motifs is 2. The summed E-state index contributed by atoms with van der Waals surface area (Å²) in [4.78, 5) is 12.9. The molecule has 5 nitrogen and oxygen atoms in total. The van der Waals surface area contributed by atoms with Crippen LogP contribution < -0.4 is 11.1 Å². The number of carbonyl (C=O) groups is 1. The largest absolute Gasteiger partial charge is 0.409 e. The molecule has 0 bridgehead atoms. The lowest BCUT2D eigenvalue weighted by Gasteiger charge is -2.27. The van der Waals surface area contributed by atoms with Crippen molar-refractivity contribution in [2.24, 2.45) is 10.9 Å². The predicted octanol–water partition coefficient (Wildman–Crippen LogP) is 5.57. The van der Waals surface area contributed by atoms with Crippen molar-refractivity contribution in [2.75, 3.05) is 0 Å². The Hall–Kier alpha value is -4.45. The Morgan fingerprint density at radius 2 is 1.64 bits per heavy atom. The third kappa shape index (κ3) is 4.45. The van der Waals surface area contributed by atoms with E-state index in [1.807, 2.05) is 42.5 Å². The quantitative estimate of drug-likeness (QED) is 0.151. The SMILES string of the molecule is CC1c2ccc(C(=O)NCc3ccc(C(N)=NO)cc3)cc2Cc2cc(-c3ccccc3F)ccc21. The molecule has 0 heterocycles. The summed E-state index contributed by atoms with van der Waals surface area (Å²) in [5.41, 5.74) is 13.8. The fourth-order valence-corrected chi connectivity index (χ4v) is 4.87. The third-order valence-electron chi connectivity index (χ3n) is 6.86. The van der Waals surface area contributed by atoms with E-state index in [1.54, 1.807) is 24.3 Å². The minimum atomic E-state index is -0.236. The van der Waals surface area contributed by atoms with Gasteiger partial charge in [-0.15, -0.1) is 0 Å². The van der Waals surface area contributed by atoms with Crippen LogP contribution in [0.1, 0.15) is 56.6 Å². The van der Waals surface area contributed by atoms with Crippen molar-refractivity contribution < 1.29 is 14.4 Å². The summed E-state index contributed by atoms with van der Waals surface area (Å²) in [7, 11) is 0. The zero-order valence-electron chi connectivity index (χ0n) is 19.8. The number of hydrogen-bond acceptors (Lipinski definition) is 3. The lowest BCUT2D eigenvalue weighted by atomic mass is 9.77. The zero-order valence-corrected chi connectivity index (χ0v) is 19.8. The Bertz CT molecular complexity index is 1480. The number of benzene rings is 4. The Kier molecular flexibility index (Phi) is 6.25. The molecule has 1 atom stereocenters. The minimum Gasteiger partial charge on any atom is -0.409 e. The maximum atomic E-state index is 14.4. The average molecular weight is 480 g/mol. The molecule has 0 spiro atoms. The molecule has 0 saturated heterocycles. The van der Waals surface area contributed by atoms with Crippen molar-refractivity contribution in [2.45, 2.75) is 25.8 Å². The summed E-state index contributed by atoms with van der Waals surface area (Å²) in [5, 5.41) is 14.7. The van der Waals surface area contributed by atoms with Gasteiger partial charge in [0, 0.05) is 29.2 Å². The molecule has 1 aliphatic carbocycles. The highest BCUT2D eigenvalue weighted by atomic mass is 19.1. The van der Waals surface area contributed by atoms with Gasteiger partial charge in [-0.25, -0.2) is 4.39 Å². The highest BCUT2D eigenvalue weighted by Crippen LogP contribution is 2.38. The Labute approximate surface area is 209 Å². The van der Waals surface area contributed by atoms with Crippen LogP contribution in [0, 0.1) is 5.82 Å². The summed E-state index contributed by atoms with van der Waals surface area (Å²) in [5.74, 6) is -0.169. The second-order valence-electron chi connectivity index (χ2n) is 9.07. The predicted molar refractivity (Wildman–Crippen MR) is 139 cm³/mol. The minimum absolute atomic E-state index is 0.0384. The van der Waals surface area contributed by atoms with Crippen molar-refractivity contribution in [3.63, 3.8) is 0 Å². The molecule has 0 saturated carbocycles. The molecule has 36 heavy (non-hydrogen) atoms. The molecular formula is C30H26FN3O2. The van der Waals surface area contributed by atoms with Gasteiger partial charge in [-0.1, -0.05) is 78.8 Å². The van der Waals surface area contributed by atoms with Crippen molar-refractivity contribution in [1.82, 2.24) is 5.32 Å². The first-order chi connectivity index (χ1) is 17.4. The standard InChI is InChI=1S/C30H26FN3O2/c1-18-25-12-10-21(27-4-2-3-5-28(27)31)14-23(25)16-24-15-22(11-13-26(18)24)30(35)33-17-19-6-8-20(9-7-19)29(32)34-36/h2-15,18,36H,16-17H2,1H3,(H2,32,34)(H,33,35). The van der Waals surface area contributed by atoms with Gasteiger partial charge in [-0.3, -0.25) is 4.79 Å². The van der Waals surface area contributed by atoms with Gasteiger partial charge in [0.15, 0.2) is 5.84 Å². The lowest BCUT2D eigenvalue weighted by molar-refractivity contribution is 0.0950.